The van der Waals surface area contributed by atoms with Crippen molar-refractivity contribution in [1.29, 1.82) is 0 Å². The van der Waals surface area contributed by atoms with Gasteiger partial charge in [-0.1, -0.05) is 19.9 Å². The summed E-state index contributed by atoms with van der Waals surface area (Å²) in [5, 5.41) is 14.0. The van der Waals surface area contributed by atoms with Gasteiger partial charge in [0, 0.05) is 5.92 Å². The van der Waals surface area contributed by atoms with Gasteiger partial charge in [0.2, 0.25) is 10.0 Å². The van der Waals surface area contributed by atoms with Gasteiger partial charge in [0.15, 0.2) is 0 Å². The monoisotopic (exact) mass is 287 g/mol. The SMILES string of the molecule is CC1(C)C(C(=O)O)C1c1ccc(S(N)(=O)=O)cc1F. The van der Waals surface area contributed by atoms with Gasteiger partial charge in [0.1, 0.15) is 5.82 Å². The van der Waals surface area contributed by atoms with Gasteiger partial charge in [0.05, 0.1) is 10.8 Å². The van der Waals surface area contributed by atoms with Crippen molar-refractivity contribution in [1.82, 2.24) is 0 Å². The highest BCUT2D eigenvalue weighted by molar-refractivity contribution is 7.89. The van der Waals surface area contributed by atoms with Crippen LogP contribution in [0, 0.1) is 17.2 Å². The van der Waals surface area contributed by atoms with Crippen molar-refractivity contribution in [3.05, 3.63) is 29.6 Å². The number of carbonyl (C=O) groups is 1. The molecule has 0 heterocycles. The van der Waals surface area contributed by atoms with E-state index in [9.17, 15) is 17.6 Å². The fourth-order valence-corrected chi connectivity index (χ4v) is 3.14. The average molecular weight is 287 g/mol. The van der Waals surface area contributed by atoms with Crippen LogP contribution in [0.3, 0.4) is 0 Å². The van der Waals surface area contributed by atoms with Gasteiger partial charge in [-0.05, 0) is 23.1 Å². The molecule has 2 atom stereocenters. The molecule has 5 nitrogen and oxygen atoms in total. The number of aliphatic carboxylic acids is 1. The summed E-state index contributed by atoms with van der Waals surface area (Å²) in [5.41, 5.74) is -0.333. The van der Waals surface area contributed by atoms with Crippen LogP contribution in [0.2, 0.25) is 0 Å². The molecule has 0 aliphatic heterocycles. The Kier molecular flexibility index (Phi) is 2.94. The number of benzene rings is 1. The van der Waals surface area contributed by atoms with Crippen molar-refractivity contribution >= 4 is 16.0 Å². The predicted octanol–water partition coefficient (Wildman–Crippen LogP) is 1.30. The molecular formula is C12H14FNO4S. The van der Waals surface area contributed by atoms with E-state index in [2.05, 4.69) is 0 Å². The highest BCUT2D eigenvalue weighted by Crippen LogP contribution is 2.64. The van der Waals surface area contributed by atoms with E-state index in [-0.39, 0.29) is 10.5 Å². The zero-order valence-electron chi connectivity index (χ0n) is 10.4. The van der Waals surface area contributed by atoms with Crippen molar-refractivity contribution in [3.8, 4) is 0 Å². The van der Waals surface area contributed by atoms with Gasteiger partial charge < -0.3 is 5.11 Å². The number of hydrogen-bond acceptors (Lipinski definition) is 3. The molecule has 0 saturated heterocycles. The summed E-state index contributed by atoms with van der Waals surface area (Å²) in [6.07, 6.45) is 0. The second kappa shape index (κ2) is 4.01. The number of hydrogen-bond donors (Lipinski definition) is 2. The lowest BCUT2D eigenvalue weighted by atomic mass is 10.0. The number of rotatable bonds is 3. The zero-order chi connectivity index (χ0) is 14.6. The topological polar surface area (TPSA) is 97.5 Å². The van der Waals surface area contributed by atoms with E-state index in [1.165, 1.54) is 12.1 Å². The third-order valence-electron chi connectivity index (χ3n) is 3.73. The average Bonchev–Trinajstić information content (AvgIpc) is 2.80. The molecule has 0 bridgehead atoms. The number of nitrogens with two attached hydrogens (primary N) is 1. The number of carboxylic acid groups (broad SMARTS) is 1. The summed E-state index contributed by atoms with van der Waals surface area (Å²) in [4.78, 5) is 10.7. The van der Waals surface area contributed by atoms with Gasteiger partial charge in [0.25, 0.3) is 0 Å². The Morgan fingerprint density at radius 3 is 2.37 bits per heavy atom. The molecule has 1 aromatic rings. The minimum atomic E-state index is -3.96. The molecule has 104 valence electrons. The van der Waals surface area contributed by atoms with Crippen molar-refractivity contribution in [2.24, 2.45) is 16.5 Å². The van der Waals surface area contributed by atoms with E-state index in [1.54, 1.807) is 13.8 Å². The van der Waals surface area contributed by atoms with Gasteiger partial charge in [-0.2, -0.15) is 0 Å². The molecule has 7 heteroatoms. The van der Waals surface area contributed by atoms with Gasteiger partial charge >= 0.3 is 5.97 Å². The van der Waals surface area contributed by atoms with Crippen LogP contribution < -0.4 is 5.14 Å². The minimum absolute atomic E-state index is 0.213. The van der Waals surface area contributed by atoms with E-state index in [0.717, 1.165) is 6.07 Å². The second-order valence-corrected chi connectivity index (χ2v) is 6.90. The van der Waals surface area contributed by atoms with Gasteiger partial charge in [-0.25, -0.2) is 17.9 Å². The van der Waals surface area contributed by atoms with Crippen LogP contribution >= 0.6 is 0 Å². The molecule has 2 rings (SSSR count). The Balaban J connectivity index is 2.42. The highest BCUT2D eigenvalue weighted by Gasteiger charge is 2.63. The largest absolute Gasteiger partial charge is 0.481 e. The molecule has 0 radical (unpaired) electrons. The molecular weight excluding hydrogens is 273 g/mol. The lowest BCUT2D eigenvalue weighted by Gasteiger charge is -2.06. The first-order valence-electron chi connectivity index (χ1n) is 5.62. The first kappa shape index (κ1) is 14.0. The number of primary sulfonamides is 1. The third kappa shape index (κ3) is 2.23. The van der Waals surface area contributed by atoms with E-state index < -0.39 is 39.1 Å². The number of sulfonamides is 1. The summed E-state index contributed by atoms with van der Waals surface area (Å²) in [7, 11) is -3.96. The van der Waals surface area contributed by atoms with Crippen LogP contribution in [0.4, 0.5) is 4.39 Å². The lowest BCUT2D eigenvalue weighted by molar-refractivity contribution is -0.139. The molecule has 0 amide bonds. The van der Waals surface area contributed by atoms with Crippen molar-refractivity contribution in [2.75, 3.05) is 0 Å². The molecule has 1 fully saturated rings. The third-order valence-corrected chi connectivity index (χ3v) is 4.64. The fourth-order valence-electron chi connectivity index (χ4n) is 2.62. The highest BCUT2D eigenvalue weighted by atomic mass is 32.2. The van der Waals surface area contributed by atoms with Crippen LogP contribution in [-0.2, 0) is 14.8 Å². The molecule has 0 aromatic heterocycles. The maximum atomic E-state index is 13.9. The van der Waals surface area contributed by atoms with Crippen molar-refractivity contribution < 1.29 is 22.7 Å². The summed E-state index contributed by atoms with van der Waals surface area (Å²) < 4.78 is 36.1. The normalized spacial score (nSPS) is 25.1. The Bertz CT molecular complexity index is 654. The standard InChI is InChI=1S/C12H14FNO4S/c1-12(2)9(10(12)11(15)16)7-4-3-6(5-8(7)13)19(14,17)18/h3-5,9-10H,1-2H3,(H,15,16)(H2,14,17,18). The van der Waals surface area contributed by atoms with Gasteiger partial charge in [-0.3, -0.25) is 4.79 Å². The molecule has 3 N–H and O–H groups in total. The predicted molar refractivity (Wildman–Crippen MR) is 65.4 cm³/mol. The fraction of sp³-hybridized carbons (Fsp3) is 0.417. The second-order valence-electron chi connectivity index (χ2n) is 5.34. The molecule has 1 saturated carbocycles. The van der Waals surface area contributed by atoms with Crippen LogP contribution in [0.5, 0.6) is 0 Å². The van der Waals surface area contributed by atoms with E-state index in [4.69, 9.17) is 10.2 Å². The number of carboxylic acids is 1. The van der Waals surface area contributed by atoms with E-state index in [0.29, 0.717) is 0 Å². The molecule has 1 aliphatic rings. The Labute approximate surface area is 110 Å². The quantitative estimate of drug-likeness (QED) is 0.875. The zero-order valence-corrected chi connectivity index (χ0v) is 11.2. The Morgan fingerprint density at radius 1 is 1.42 bits per heavy atom. The summed E-state index contributed by atoms with van der Waals surface area (Å²) in [5.74, 6) is -2.85. The van der Waals surface area contributed by atoms with Gasteiger partial charge in [-0.15, -0.1) is 0 Å². The molecule has 2 unspecified atom stereocenters. The minimum Gasteiger partial charge on any atom is -0.481 e. The summed E-state index contributed by atoms with van der Waals surface area (Å²) >= 11 is 0. The van der Waals surface area contributed by atoms with E-state index in [1.807, 2.05) is 0 Å². The van der Waals surface area contributed by atoms with Crippen LogP contribution in [0.25, 0.3) is 0 Å². The number of halogens is 1. The molecule has 0 spiro atoms. The maximum Gasteiger partial charge on any atom is 0.307 e. The summed E-state index contributed by atoms with van der Waals surface area (Å²) in [6, 6.07) is 3.32. The molecule has 1 aliphatic carbocycles. The van der Waals surface area contributed by atoms with Crippen LogP contribution in [-0.4, -0.2) is 19.5 Å². The Hall–Kier alpha value is -1.47. The van der Waals surface area contributed by atoms with Crippen LogP contribution in [0.1, 0.15) is 25.3 Å². The summed E-state index contributed by atoms with van der Waals surface area (Å²) in [6.45, 7) is 3.48. The molecule has 19 heavy (non-hydrogen) atoms. The van der Waals surface area contributed by atoms with Crippen molar-refractivity contribution in [2.45, 2.75) is 24.7 Å². The Morgan fingerprint density at radius 2 is 2.00 bits per heavy atom. The first-order valence-corrected chi connectivity index (χ1v) is 7.16. The molecule has 1 aromatic carbocycles. The van der Waals surface area contributed by atoms with Crippen LogP contribution in [0.15, 0.2) is 23.1 Å². The van der Waals surface area contributed by atoms with E-state index >= 15 is 0 Å². The van der Waals surface area contributed by atoms with Crippen molar-refractivity contribution in [3.63, 3.8) is 0 Å². The lowest BCUT2D eigenvalue weighted by Crippen LogP contribution is -2.12. The first-order chi connectivity index (χ1) is 8.56. The smallest absolute Gasteiger partial charge is 0.307 e. The maximum absolute atomic E-state index is 13.9.